The summed E-state index contributed by atoms with van der Waals surface area (Å²) in [6.45, 7) is 8.14. The molecule has 28 heavy (non-hydrogen) atoms. The fourth-order valence-corrected chi connectivity index (χ4v) is 1.78. The van der Waals surface area contributed by atoms with E-state index in [4.69, 9.17) is 21.1 Å². The van der Waals surface area contributed by atoms with Gasteiger partial charge in [-0.3, -0.25) is 0 Å². The summed E-state index contributed by atoms with van der Waals surface area (Å²) in [7, 11) is 0. The first-order chi connectivity index (χ1) is 13.7. The second kappa shape index (κ2) is 21.7. The lowest BCUT2D eigenvalue weighted by molar-refractivity contribution is -0.147. The molecule has 0 rings (SSSR count). The molecule has 0 saturated carbocycles. The van der Waals surface area contributed by atoms with Crippen molar-refractivity contribution >= 4 is 11.9 Å². The highest BCUT2D eigenvalue weighted by Crippen LogP contribution is 1.82. The van der Waals surface area contributed by atoms with Gasteiger partial charge in [0.1, 0.15) is 0 Å². The van der Waals surface area contributed by atoms with Crippen molar-refractivity contribution in [1.29, 1.82) is 0 Å². The van der Waals surface area contributed by atoms with Crippen molar-refractivity contribution in [3.63, 3.8) is 0 Å². The van der Waals surface area contributed by atoms with Crippen LogP contribution in [0.2, 0.25) is 0 Å². The summed E-state index contributed by atoms with van der Waals surface area (Å²) in [4.78, 5) is 32.3. The Labute approximate surface area is 166 Å². The first-order valence-corrected chi connectivity index (χ1v) is 9.49. The first-order valence-electron chi connectivity index (χ1n) is 9.49. The topological polar surface area (TPSA) is 177 Å². The van der Waals surface area contributed by atoms with Crippen LogP contribution in [-0.4, -0.2) is 90.5 Å². The molecule has 0 aliphatic carbocycles. The molecule has 0 aromatic rings. The van der Waals surface area contributed by atoms with Gasteiger partial charge in [-0.05, 0) is 0 Å². The molecule has 0 bridgehead atoms. The first kappa shape index (κ1) is 26.4. The van der Waals surface area contributed by atoms with Gasteiger partial charge >= 0.3 is 11.9 Å². The Morgan fingerprint density at radius 2 is 0.893 bits per heavy atom. The van der Waals surface area contributed by atoms with Gasteiger partial charge in [-0.25, -0.2) is 9.59 Å². The van der Waals surface area contributed by atoms with Crippen LogP contribution >= 0.6 is 0 Å². The van der Waals surface area contributed by atoms with Gasteiger partial charge in [0.2, 0.25) is 0 Å². The third-order valence-corrected chi connectivity index (χ3v) is 3.11. The van der Waals surface area contributed by atoms with Crippen LogP contribution in [0.3, 0.4) is 0 Å². The molecule has 0 aliphatic rings. The Morgan fingerprint density at radius 3 is 1.25 bits per heavy atom. The Bertz CT molecular complexity index is 376. The zero-order chi connectivity index (χ0) is 20.7. The highest BCUT2D eigenvalue weighted by atomic mass is 16.7. The molecule has 0 radical (unpaired) electrons. The lowest BCUT2D eigenvalue weighted by Crippen LogP contribution is -2.34. The molecule has 0 spiro atoms. The van der Waals surface area contributed by atoms with Crippen molar-refractivity contribution in [2.24, 2.45) is 11.5 Å². The zero-order valence-electron chi connectivity index (χ0n) is 16.4. The SMILES string of the molecule is NCCNCCNCCNOC(=O)/C=C/C(=O)ONCCNCCNCCN. The van der Waals surface area contributed by atoms with E-state index in [1.165, 1.54) is 0 Å². The molecule has 0 amide bonds. The molecule has 10 N–H and O–H groups in total. The summed E-state index contributed by atoms with van der Waals surface area (Å²) in [5.74, 6) is -1.37. The lowest BCUT2D eigenvalue weighted by atomic mass is 10.5. The van der Waals surface area contributed by atoms with Crippen LogP contribution in [0, 0.1) is 0 Å². The van der Waals surface area contributed by atoms with Crippen molar-refractivity contribution in [1.82, 2.24) is 32.2 Å². The number of hydrogen-bond acceptors (Lipinski definition) is 12. The number of nitrogens with one attached hydrogen (secondary N) is 6. The number of nitrogens with two attached hydrogens (primary N) is 2. The van der Waals surface area contributed by atoms with Crippen molar-refractivity contribution in [2.45, 2.75) is 0 Å². The van der Waals surface area contributed by atoms with Gasteiger partial charge in [0.15, 0.2) is 0 Å². The summed E-state index contributed by atoms with van der Waals surface area (Å²) in [6, 6.07) is 0. The van der Waals surface area contributed by atoms with Crippen molar-refractivity contribution < 1.29 is 19.3 Å². The van der Waals surface area contributed by atoms with Gasteiger partial charge in [0.05, 0.1) is 0 Å². The molecule has 12 heteroatoms. The predicted molar refractivity (Wildman–Crippen MR) is 107 cm³/mol. The largest absolute Gasteiger partial charge is 0.367 e. The molecular weight excluding hydrogens is 368 g/mol. The normalized spacial score (nSPS) is 11.1. The average molecular weight is 405 g/mol. The smallest absolute Gasteiger partial charge is 0.349 e. The molecule has 164 valence electrons. The second-order valence-corrected chi connectivity index (χ2v) is 5.54. The number of hydroxylamine groups is 2. The van der Waals surface area contributed by atoms with E-state index in [0.29, 0.717) is 39.3 Å². The molecular formula is C16H36N8O4. The van der Waals surface area contributed by atoms with Crippen molar-refractivity contribution in [2.75, 3.05) is 78.5 Å². The third kappa shape index (κ3) is 20.7. The Balaban J connectivity index is 3.43. The molecule has 0 saturated heterocycles. The van der Waals surface area contributed by atoms with Crippen molar-refractivity contribution in [3.8, 4) is 0 Å². The maximum absolute atomic E-state index is 11.4. The molecule has 0 unspecified atom stereocenters. The van der Waals surface area contributed by atoms with Gasteiger partial charge in [-0.1, -0.05) is 0 Å². The molecule has 0 fully saturated rings. The van der Waals surface area contributed by atoms with Crippen LogP contribution in [0.15, 0.2) is 12.2 Å². The Kier molecular flexibility index (Phi) is 20.4. The zero-order valence-corrected chi connectivity index (χ0v) is 16.4. The van der Waals surface area contributed by atoms with Crippen LogP contribution in [0.25, 0.3) is 0 Å². The maximum Gasteiger partial charge on any atom is 0.349 e. The number of rotatable bonds is 20. The fraction of sp³-hybridized carbons (Fsp3) is 0.750. The lowest BCUT2D eigenvalue weighted by Gasteiger charge is -2.07. The average Bonchev–Trinajstić information content (AvgIpc) is 2.69. The summed E-state index contributed by atoms with van der Waals surface area (Å²) in [5, 5.41) is 12.6. The molecule has 12 nitrogen and oxygen atoms in total. The molecule has 0 aliphatic heterocycles. The van der Waals surface area contributed by atoms with E-state index in [2.05, 4.69) is 32.2 Å². The van der Waals surface area contributed by atoms with E-state index in [-0.39, 0.29) is 0 Å². The highest BCUT2D eigenvalue weighted by molar-refractivity contribution is 5.91. The van der Waals surface area contributed by atoms with Gasteiger partial charge in [0.25, 0.3) is 0 Å². The third-order valence-electron chi connectivity index (χ3n) is 3.11. The molecule has 0 aromatic heterocycles. The van der Waals surface area contributed by atoms with E-state index in [1.54, 1.807) is 0 Å². The standard InChI is InChI=1S/C16H36N8O4/c17-3-5-19-7-9-21-11-13-23-27-15(25)1-2-16(26)28-24-14-12-22-10-8-20-6-4-18/h1-2,19-24H,3-14,17-18H2/b2-1+. The van der Waals surface area contributed by atoms with Crippen molar-refractivity contribution in [3.05, 3.63) is 12.2 Å². The minimum absolute atomic E-state index is 0.442. The van der Waals surface area contributed by atoms with Gasteiger partial charge in [-0.2, -0.15) is 11.0 Å². The summed E-state index contributed by atoms with van der Waals surface area (Å²) >= 11 is 0. The second-order valence-electron chi connectivity index (χ2n) is 5.54. The van der Waals surface area contributed by atoms with Crippen LogP contribution in [0.1, 0.15) is 0 Å². The Morgan fingerprint density at radius 1 is 0.571 bits per heavy atom. The number of hydrogen-bond donors (Lipinski definition) is 8. The quantitative estimate of drug-likeness (QED) is 0.0560. The number of carbonyl (C=O) groups excluding carboxylic acids is 2. The Hall–Kier alpha value is -1.64. The van der Waals surface area contributed by atoms with Crippen LogP contribution < -0.4 is 43.7 Å². The van der Waals surface area contributed by atoms with E-state index in [0.717, 1.165) is 51.4 Å². The summed E-state index contributed by atoms with van der Waals surface area (Å²) < 4.78 is 0. The van der Waals surface area contributed by atoms with Gasteiger partial charge < -0.3 is 42.4 Å². The summed E-state index contributed by atoms with van der Waals surface area (Å²) in [5.41, 5.74) is 15.7. The predicted octanol–water partition coefficient (Wildman–Crippen LogP) is -4.09. The van der Waals surface area contributed by atoms with E-state index in [1.807, 2.05) is 0 Å². The fourth-order valence-electron chi connectivity index (χ4n) is 1.78. The van der Waals surface area contributed by atoms with Crippen LogP contribution in [0.5, 0.6) is 0 Å². The monoisotopic (exact) mass is 404 g/mol. The van der Waals surface area contributed by atoms with E-state index >= 15 is 0 Å². The van der Waals surface area contributed by atoms with Gasteiger partial charge in [-0.15, -0.1) is 0 Å². The van der Waals surface area contributed by atoms with Crippen LogP contribution in [-0.2, 0) is 19.3 Å². The van der Waals surface area contributed by atoms with E-state index in [9.17, 15) is 9.59 Å². The maximum atomic E-state index is 11.4. The summed E-state index contributed by atoms with van der Waals surface area (Å²) in [6.07, 6.45) is 1.98. The minimum atomic E-state index is -0.687. The van der Waals surface area contributed by atoms with Crippen LogP contribution in [0.4, 0.5) is 0 Å². The van der Waals surface area contributed by atoms with Gasteiger partial charge in [0, 0.05) is 90.7 Å². The number of carbonyl (C=O) groups is 2. The highest BCUT2D eigenvalue weighted by Gasteiger charge is 2.01. The molecule has 0 heterocycles. The minimum Gasteiger partial charge on any atom is -0.367 e. The molecule has 0 atom stereocenters. The molecule has 0 aromatic carbocycles. The van der Waals surface area contributed by atoms with E-state index < -0.39 is 11.9 Å².